The van der Waals surface area contributed by atoms with E-state index in [1.54, 1.807) is 125 Å². The van der Waals surface area contributed by atoms with Crippen molar-refractivity contribution in [2.45, 2.75) is 62.0 Å². The lowest BCUT2D eigenvalue weighted by atomic mass is 10.0. The molecule has 16 nitrogen and oxygen atoms in total. The van der Waals surface area contributed by atoms with Crippen LogP contribution < -0.4 is 0 Å². The minimum Gasteiger partial charge on any atom is -0.392 e. The van der Waals surface area contributed by atoms with Crippen LogP contribution >= 0.6 is 11.6 Å². The number of aromatic nitrogens is 10. The highest BCUT2D eigenvalue weighted by Crippen LogP contribution is 2.28. The molecule has 0 fully saturated rings. The summed E-state index contributed by atoms with van der Waals surface area (Å²) in [6.07, 6.45) is 14.7. The van der Waals surface area contributed by atoms with Gasteiger partial charge < -0.3 is 5.11 Å². The van der Waals surface area contributed by atoms with Crippen molar-refractivity contribution >= 4 is 70.9 Å². The van der Waals surface area contributed by atoms with Gasteiger partial charge in [-0.1, -0.05) is 109 Å². The maximum atomic E-state index is 14.1. The van der Waals surface area contributed by atoms with Gasteiger partial charge in [-0.15, -0.1) is 0 Å². The summed E-state index contributed by atoms with van der Waals surface area (Å²) in [5, 5.41) is 44.7. The van der Waals surface area contributed by atoms with Crippen LogP contribution in [-0.2, 0) is 6.61 Å². The third kappa shape index (κ3) is 24.4. The lowest BCUT2D eigenvalue weighted by molar-refractivity contribution is 0.103. The summed E-state index contributed by atoms with van der Waals surface area (Å²) in [6, 6.07) is 66.3. The molecular weight excluding hydrogens is 1570 g/mol. The second-order valence-electron chi connectivity index (χ2n) is 28.4. The summed E-state index contributed by atoms with van der Waals surface area (Å²) in [7, 11) is 0. The van der Waals surface area contributed by atoms with Crippen LogP contribution in [-0.4, -0.2) is 85.0 Å². The Morgan fingerprint density at radius 3 is 1.00 bits per heavy atom. The minimum absolute atomic E-state index is 0.0102. The molecule has 0 aliphatic heterocycles. The first-order valence-electron chi connectivity index (χ1n) is 38.2. The molecule has 0 atom stereocenters. The van der Waals surface area contributed by atoms with Crippen molar-refractivity contribution in [1.29, 1.82) is 0 Å². The summed E-state index contributed by atoms with van der Waals surface area (Å²) in [5.41, 5.74) is 19.7. The lowest BCUT2D eigenvalue weighted by Crippen LogP contribution is -1.98. The van der Waals surface area contributed by atoms with Crippen molar-refractivity contribution in [3.63, 3.8) is 0 Å². The van der Waals surface area contributed by atoms with Crippen LogP contribution in [0.15, 0.2) is 267 Å². The Balaban J connectivity index is 0.000000149. The van der Waals surface area contributed by atoms with Gasteiger partial charge in [0.1, 0.15) is 34.9 Å². The van der Waals surface area contributed by atoms with Crippen molar-refractivity contribution < 1.29 is 55.4 Å². The van der Waals surface area contributed by atoms with Crippen molar-refractivity contribution in [3.05, 3.63) is 413 Å². The highest BCUT2D eigenvalue weighted by Gasteiger charge is 2.17. The molecule has 0 saturated heterocycles. The molecule has 0 unspecified atom stereocenters. The molecule has 5 heterocycles. The van der Waals surface area contributed by atoms with Gasteiger partial charge >= 0.3 is 0 Å². The van der Waals surface area contributed by atoms with E-state index in [0.717, 1.165) is 72.8 Å². The van der Waals surface area contributed by atoms with E-state index < -0.39 is 46.4 Å². The zero-order valence-electron chi connectivity index (χ0n) is 67.4. The summed E-state index contributed by atoms with van der Waals surface area (Å²) in [5.74, 6) is -4.64. The number of aliphatic hydroxyl groups is 1. The molecule has 5 aromatic heterocycles. The number of ketones is 5. The molecule has 0 spiro atoms. The maximum absolute atomic E-state index is 14.1. The molecule has 0 bridgehead atoms. The molecule has 0 aliphatic rings. The third-order valence-corrected chi connectivity index (χ3v) is 19.3. The number of nitrogens with zero attached hydrogens (tertiary/aromatic N) is 5. The quantitative estimate of drug-likeness (QED) is 0.0224. The molecule has 15 rings (SSSR count). The molecule has 6 N–H and O–H groups in total. The molecule has 612 valence electrons. The zero-order chi connectivity index (χ0) is 87.1. The molecule has 122 heavy (non-hydrogen) atoms. The number of nitrogens with one attached hydrogen (secondary N) is 5. The third-order valence-electron chi connectivity index (χ3n) is 19.1. The Hall–Kier alpha value is -14.9. The monoisotopic (exact) mass is 1650 g/mol. The number of rotatable bonds is 21. The van der Waals surface area contributed by atoms with Gasteiger partial charge in [-0.2, -0.15) is 25.5 Å². The fourth-order valence-corrected chi connectivity index (χ4v) is 12.0. The zero-order valence-corrected chi connectivity index (χ0v) is 68.1. The smallest absolute Gasteiger partial charge is 0.188 e. The first kappa shape index (κ1) is 88.0. The van der Waals surface area contributed by atoms with E-state index >= 15 is 0 Å². The van der Waals surface area contributed by atoms with E-state index in [9.17, 15) is 50.3 Å². The van der Waals surface area contributed by atoms with Crippen LogP contribution in [0.3, 0.4) is 0 Å². The Morgan fingerprint density at radius 2 is 0.639 bits per heavy atom. The molecule has 0 saturated carbocycles. The molecule has 10 aromatic carbocycles. The van der Waals surface area contributed by atoms with Gasteiger partial charge in [-0.3, -0.25) is 49.5 Å². The average Bonchev–Trinajstić information content (AvgIpc) is 1.67. The highest BCUT2D eigenvalue weighted by molar-refractivity contribution is 6.30. The number of allylic oxidation sites excluding steroid dienone is 5. The number of aliphatic hydroxyl groups excluding tert-OH is 1. The van der Waals surface area contributed by atoms with Crippen molar-refractivity contribution in [2.24, 2.45) is 0 Å². The fourth-order valence-electron chi connectivity index (χ4n) is 11.9. The predicted octanol–water partition coefficient (Wildman–Crippen LogP) is 23.3. The maximum Gasteiger partial charge on any atom is 0.188 e. The van der Waals surface area contributed by atoms with Crippen molar-refractivity contribution in [2.75, 3.05) is 0 Å². The van der Waals surface area contributed by atoms with E-state index in [2.05, 4.69) is 77.0 Å². The topological polar surface area (TPSA) is 249 Å². The van der Waals surface area contributed by atoms with Crippen LogP contribution in [0.2, 0.25) is 5.02 Å². The number of carbonyl (C=O) groups is 5. The van der Waals surface area contributed by atoms with E-state index in [4.69, 9.17) is 16.7 Å². The van der Waals surface area contributed by atoms with Gasteiger partial charge in [-0.05, 0) is 306 Å². The Kier molecular flexibility index (Phi) is 29.9. The SMILES string of the molecule is Cc1ccc(C(=O)/C=C/c2cc(-c3ccc(C)c(C)c3)n[nH]2)c(F)c1.Cc1ccc(C(=O)/C=C/c2cc(-c3ccc(CO)cc3F)n[nH]2)c(F)c1.Cc1ccc(C(=O)/C=C/c2cc(-c3ccc(Cl)cc3)n[nH]2)c(F)c1.Cc1ccc(C(=O)/C=C/c2cc(-c3ccc(F)cc3)n[nH]2)c(F)c1.Cc1ccc(C(=O)/C=C/c2cc(-c3ccccc3)n[nH]2)cc1C. The number of hydrogen-bond acceptors (Lipinski definition) is 11. The van der Waals surface area contributed by atoms with Gasteiger partial charge in [0, 0.05) is 38.4 Å². The summed E-state index contributed by atoms with van der Waals surface area (Å²) in [4.78, 5) is 60.6. The number of halogens is 7. The van der Waals surface area contributed by atoms with Gasteiger partial charge in [0.25, 0.3) is 0 Å². The summed E-state index contributed by atoms with van der Waals surface area (Å²) >= 11 is 5.86. The number of hydrogen-bond donors (Lipinski definition) is 6. The molecule has 15 aromatic rings. The summed E-state index contributed by atoms with van der Waals surface area (Å²) < 4.78 is 82.2. The number of aromatic amines is 5. The number of H-pyrrole nitrogens is 5. The Bertz CT molecular complexity index is 6300. The van der Waals surface area contributed by atoms with Crippen LogP contribution in [0.25, 0.3) is 86.7 Å². The number of benzene rings is 10. The average molecular weight is 1660 g/mol. The Labute approximate surface area is 704 Å². The second-order valence-corrected chi connectivity index (χ2v) is 28.9. The number of carbonyl (C=O) groups excluding carboxylic acids is 5. The van der Waals surface area contributed by atoms with Crippen LogP contribution in [0.5, 0.6) is 0 Å². The van der Waals surface area contributed by atoms with E-state index in [1.165, 1.54) is 126 Å². The molecule has 0 aliphatic carbocycles. The van der Waals surface area contributed by atoms with Crippen molar-refractivity contribution in [3.8, 4) is 56.3 Å². The second kappa shape index (κ2) is 41.5. The first-order valence-corrected chi connectivity index (χ1v) is 38.5. The van der Waals surface area contributed by atoms with Gasteiger partial charge in [0.05, 0.1) is 85.8 Å². The van der Waals surface area contributed by atoms with Crippen LogP contribution in [0.4, 0.5) is 26.3 Å². The van der Waals surface area contributed by atoms with Gasteiger partial charge in [-0.25, -0.2) is 26.3 Å². The van der Waals surface area contributed by atoms with E-state index in [-0.39, 0.29) is 51.8 Å². The molecule has 0 amide bonds. The molecule has 0 radical (unpaired) electrons. The molecule has 23 heteroatoms. The number of aryl methyl sites for hydroxylation is 8. The standard InChI is InChI=1S/C21H19FN2O.C20H16F2N2O2.C20H18N2O.C19H14ClFN2O.C19H14F2N2O/c1-13-4-8-18(19(22)10-13)21(25)9-7-17-12-20(24-23-17)16-6-5-14(2)15(3)11-16;1-12-2-5-16(17(21)8-12)20(26)7-4-14-10-19(24-23-14)15-6-3-13(11-25)9-18(15)22;1-14-8-9-17(12-15(14)2)20(23)11-10-18-13-19(22-21-18)16-6-4-3-5-7-16;2*1-12-2-8-16(17(21)10-12)19(24)9-7-15-11-18(23-22-15)13-3-5-14(20)6-4-13/h4-12H,1-3H3,(H,23,24);2-10,25H,11H2,1H3,(H,23,24);3-13H,1-2H3,(H,21,22);2*2-11H,1H3,(H,22,23)/b9-7+;7-4+;11-10+;2*9-7+. The van der Waals surface area contributed by atoms with E-state index in [0.29, 0.717) is 50.3 Å². The molecular formula is C99H81ClF6N10O6. The largest absolute Gasteiger partial charge is 0.392 e. The summed E-state index contributed by atoms with van der Waals surface area (Å²) in [6.45, 7) is 15.0. The van der Waals surface area contributed by atoms with Gasteiger partial charge in [0.2, 0.25) is 0 Å². The highest BCUT2D eigenvalue weighted by atomic mass is 35.5. The predicted molar refractivity (Wildman–Crippen MR) is 468 cm³/mol. The van der Waals surface area contributed by atoms with Crippen LogP contribution in [0, 0.1) is 90.3 Å². The normalized spacial score (nSPS) is 11.1. The minimum atomic E-state index is -0.573. The van der Waals surface area contributed by atoms with Gasteiger partial charge in [0.15, 0.2) is 28.9 Å². The first-order chi connectivity index (χ1) is 58.6. The van der Waals surface area contributed by atoms with Crippen LogP contribution in [0.1, 0.15) is 130 Å². The lowest BCUT2D eigenvalue weighted by Gasteiger charge is -2.01. The van der Waals surface area contributed by atoms with Crippen molar-refractivity contribution in [1.82, 2.24) is 51.0 Å². The Morgan fingerprint density at radius 1 is 0.311 bits per heavy atom. The fraction of sp³-hybridized carbons (Fsp3) is 0.0909. The van der Waals surface area contributed by atoms with E-state index in [1.807, 2.05) is 92.7 Å².